The van der Waals surface area contributed by atoms with E-state index in [1.807, 2.05) is 29.6 Å². The van der Waals surface area contributed by atoms with E-state index in [9.17, 15) is 9.90 Å². The largest absolute Gasteiger partial charge is 0.508 e. The Hall–Kier alpha value is -3.72. The van der Waals surface area contributed by atoms with Crippen molar-refractivity contribution >= 4 is 22.7 Å². The molecule has 0 spiro atoms. The average molecular weight is 407 g/mol. The van der Waals surface area contributed by atoms with E-state index in [4.69, 9.17) is 4.74 Å². The minimum Gasteiger partial charge on any atom is -0.508 e. The molecule has 2 heterocycles. The molecule has 2 N–H and O–H groups in total. The van der Waals surface area contributed by atoms with Gasteiger partial charge in [-0.1, -0.05) is 12.1 Å². The van der Waals surface area contributed by atoms with Crippen molar-refractivity contribution in [3.8, 4) is 27.9 Å². The van der Waals surface area contributed by atoms with Gasteiger partial charge in [0.05, 0.1) is 24.2 Å². The van der Waals surface area contributed by atoms with Crippen LogP contribution in [-0.4, -0.2) is 27.0 Å². The highest BCUT2D eigenvalue weighted by Gasteiger charge is 2.16. The van der Waals surface area contributed by atoms with E-state index in [0.29, 0.717) is 28.0 Å². The lowest BCUT2D eigenvalue weighted by atomic mass is 10.1. The zero-order chi connectivity index (χ0) is 20.4. The van der Waals surface area contributed by atoms with Crippen LogP contribution in [-0.2, 0) is 0 Å². The second-order valence-electron chi connectivity index (χ2n) is 6.16. The normalized spacial score (nSPS) is 11.2. The summed E-state index contributed by atoms with van der Waals surface area (Å²) < 4.78 is 6.74. The van der Waals surface area contributed by atoms with Crippen LogP contribution in [0, 0.1) is 6.92 Å². The number of benzene rings is 2. The molecule has 0 saturated heterocycles. The van der Waals surface area contributed by atoms with Gasteiger partial charge in [0, 0.05) is 10.9 Å². The van der Waals surface area contributed by atoms with Crippen LogP contribution in [0.3, 0.4) is 0 Å². The highest BCUT2D eigenvalue weighted by atomic mass is 32.1. The molecular formula is C20H17N5O3S. The summed E-state index contributed by atoms with van der Waals surface area (Å²) in [6.45, 7) is 1.75. The van der Waals surface area contributed by atoms with Crippen LogP contribution < -0.4 is 10.3 Å². The third-order valence-corrected chi connectivity index (χ3v) is 5.05. The summed E-state index contributed by atoms with van der Waals surface area (Å²) in [6, 6.07) is 13.8. The van der Waals surface area contributed by atoms with E-state index < -0.39 is 0 Å². The van der Waals surface area contributed by atoms with Gasteiger partial charge in [-0.15, -0.1) is 16.5 Å². The molecule has 4 aromatic rings. The van der Waals surface area contributed by atoms with Crippen molar-refractivity contribution in [3.05, 3.63) is 70.0 Å². The van der Waals surface area contributed by atoms with Crippen LogP contribution >= 0.6 is 11.3 Å². The lowest BCUT2D eigenvalue weighted by molar-refractivity contribution is 0.416. The Kier molecular flexibility index (Phi) is 4.96. The van der Waals surface area contributed by atoms with Crippen molar-refractivity contribution in [1.29, 1.82) is 0 Å². The van der Waals surface area contributed by atoms with Gasteiger partial charge in [-0.3, -0.25) is 9.89 Å². The second kappa shape index (κ2) is 7.72. The number of para-hydroxylation sites is 1. The molecule has 0 radical (unpaired) electrons. The number of aromatic hydroxyl groups is 1. The SMILES string of the molecule is COc1ccccc1-c1csc(-n2[nH]c(C)c(N=Nc3ccc(O)cc3)c2=O)n1. The number of aromatic nitrogens is 3. The first-order chi connectivity index (χ1) is 14.1. The van der Waals surface area contributed by atoms with Crippen LogP contribution in [0.5, 0.6) is 11.5 Å². The number of H-pyrrole nitrogens is 1. The third kappa shape index (κ3) is 3.67. The van der Waals surface area contributed by atoms with Crippen molar-refractivity contribution in [2.45, 2.75) is 6.92 Å². The molecule has 0 aliphatic heterocycles. The van der Waals surface area contributed by atoms with Crippen molar-refractivity contribution in [2.24, 2.45) is 10.2 Å². The zero-order valence-electron chi connectivity index (χ0n) is 15.7. The summed E-state index contributed by atoms with van der Waals surface area (Å²) in [5.74, 6) is 0.849. The second-order valence-corrected chi connectivity index (χ2v) is 6.99. The minimum atomic E-state index is -0.342. The van der Waals surface area contributed by atoms with Crippen molar-refractivity contribution in [1.82, 2.24) is 14.8 Å². The summed E-state index contributed by atoms with van der Waals surface area (Å²) in [7, 11) is 1.61. The Morgan fingerprint density at radius 1 is 1.14 bits per heavy atom. The Balaban J connectivity index is 1.67. The molecule has 146 valence electrons. The summed E-state index contributed by atoms with van der Waals surface area (Å²) in [5, 5.41) is 22.8. The van der Waals surface area contributed by atoms with E-state index in [1.54, 1.807) is 26.2 Å². The van der Waals surface area contributed by atoms with Crippen LogP contribution in [0.15, 0.2) is 68.9 Å². The number of hydrogen-bond acceptors (Lipinski definition) is 7. The number of thiazole rings is 1. The van der Waals surface area contributed by atoms with Gasteiger partial charge >= 0.3 is 5.56 Å². The predicted octanol–water partition coefficient (Wildman–Crippen LogP) is 4.73. The molecule has 0 unspecified atom stereocenters. The van der Waals surface area contributed by atoms with Crippen LogP contribution in [0.1, 0.15) is 5.69 Å². The first-order valence-corrected chi connectivity index (χ1v) is 9.56. The molecule has 0 atom stereocenters. The first-order valence-electron chi connectivity index (χ1n) is 8.68. The number of rotatable bonds is 5. The van der Waals surface area contributed by atoms with Crippen LogP contribution in [0.4, 0.5) is 11.4 Å². The van der Waals surface area contributed by atoms with E-state index in [1.165, 1.54) is 28.2 Å². The van der Waals surface area contributed by atoms with Gasteiger partial charge in [0.2, 0.25) is 5.13 Å². The fraction of sp³-hybridized carbons (Fsp3) is 0.100. The topological polar surface area (TPSA) is 105 Å². The smallest absolute Gasteiger partial charge is 0.301 e. The van der Waals surface area contributed by atoms with Crippen molar-refractivity contribution in [2.75, 3.05) is 7.11 Å². The van der Waals surface area contributed by atoms with Crippen molar-refractivity contribution in [3.63, 3.8) is 0 Å². The van der Waals surface area contributed by atoms with Gasteiger partial charge in [-0.25, -0.2) is 4.98 Å². The molecule has 0 bridgehead atoms. The Morgan fingerprint density at radius 3 is 2.66 bits per heavy atom. The molecule has 0 saturated carbocycles. The molecule has 2 aromatic heterocycles. The maximum absolute atomic E-state index is 12.8. The van der Waals surface area contributed by atoms with E-state index in [-0.39, 0.29) is 17.0 Å². The molecule has 0 amide bonds. The fourth-order valence-corrected chi connectivity index (χ4v) is 3.55. The van der Waals surface area contributed by atoms with Gasteiger partial charge in [-0.05, 0) is 43.3 Å². The molecule has 8 nitrogen and oxygen atoms in total. The lowest BCUT2D eigenvalue weighted by Gasteiger charge is -2.04. The van der Waals surface area contributed by atoms with Gasteiger partial charge < -0.3 is 9.84 Å². The standard InChI is InChI=1S/C20H17N5O3S/c1-12-18(23-22-13-7-9-14(26)10-8-13)19(27)25(24-12)20-21-16(11-29-20)15-5-3-4-6-17(15)28-2/h3-11,24,26H,1-2H3. The summed E-state index contributed by atoms with van der Waals surface area (Å²) >= 11 is 1.33. The summed E-state index contributed by atoms with van der Waals surface area (Å²) in [6.07, 6.45) is 0. The maximum atomic E-state index is 12.8. The highest BCUT2D eigenvalue weighted by Crippen LogP contribution is 2.31. The summed E-state index contributed by atoms with van der Waals surface area (Å²) in [5.41, 5.74) is 2.53. The van der Waals surface area contributed by atoms with Crippen LogP contribution in [0.25, 0.3) is 16.4 Å². The Bertz CT molecular complexity index is 1240. The number of azo groups is 1. The number of ether oxygens (including phenoxy) is 1. The number of aromatic amines is 1. The maximum Gasteiger partial charge on any atom is 0.301 e. The lowest BCUT2D eigenvalue weighted by Crippen LogP contribution is -2.13. The number of nitrogens with zero attached hydrogens (tertiary/aromatic N) is 4. The first kappa shape index (κ1) is 18.6. The van der Waals surface area contributed by atoms with E-state index in [0.717, 1.165) is 5.56 Å². The highest BCUT2D eigenvalue weighted by molar-refractivity contribution is 7.12. The molecule has 2 aromatic carbocycles. The number of nitrogens with one attached hydrogen (secondary N) is 1. The van der Waals surface area contributed by atoms with E-state index in [2.05, 4.69) is 20.3 Å². The molecule has 29 heavy (non-hydrogen) atoms. The Labute approximate surface area is 169 Å². The van der Waals surface area contributed by atoms with Gasteiger partial charge in [0.25, 0.3) is 0 Å². The number of phenolic OH excluding ortho intramolecular Hbond substituents is 1. The molecule has 9 heteroatoms. The van der Waals surface area contributed by atoms with E-state index >= 15 is 0 Å². The van der Waals surface area contributed by atoms with Gasteiger partial charge in [0.15, 0.2) is 5.69 Å². The van der Waals surface area contributed by atoms with Gasteiger partial charge in [0.1, 0.15) is 11.5 Å². The number of phenols is 1. The number of methoxy groups -OCH3 is 1. The molecule has 0 fully saturated rings. The average Bonchev–Trinajstić information content (AvgIpc) is 3.32. The summed E-state index contributed by atoms with van der Waals surface area (Å²) in [4.78, 5) is 17.4. The number of aryl methyl sites for hydroxylation is 1. The third-order valence-electron chi connectivity index (χ3n) is 4.22. The minimum absolute atomic E-state index is 0.138. The predicted molar refractivity (Wildman–Crippen MR) is 111 cm³/mol. The quantitative estimate of drug-likeness (QED) is 0.467. The van der Waals surface area contributed by atoms with Gasteiger partial charge in [-0.2, -0.15) is 9.80 Å². The molecule has 0 aliphatic rings. The van der Waals surface area contributed by atoms with Crippen LogP contribution in [0.2, 0.25) is 0 Å². The molecular weight excluding hydrogens is 390 g/mol. The monoisotopic (exact) mass is 407 g/mol. The zero-order valence-corrected chi connectivity index (χ0v) is 16.5. The van der Waals surface area contributed by atoms with Crippen molar-refractivity contribution < 1.29 is 9.84 Å². The molecule has 0 aliphatic carbocycles. The molecule has 4 rings (SSSR count). The number of hydrogen-bond donors (Lipinski definition) is 2. The fourth-order valence-electron chi connectivity index (χ4n) is 2.76. The Morgan fingerprint density at radius 2 is 1.90 bits per heavy atom.